The molecule has 13 heteroatoms. The van der Waals surface area contributed by atoms with Gasteiger partial charge in [-0.15, -0.1) is 0 Å². The Labute approximate surface area is 287 Å². The number of nitrogens with one attached hydrogen (secondary N) is 4. The van der Waals surface area contributed by atoms with E-state index in [1.165, 1.54) is 51.4 Å². The van der Waals surface area contributed by atoms with Crippen LogP contribution in [0, 0.1) is 0 Å². The van der Waals surface area contributed by atoms with E-state index in [2.05, 4.69) is 68.6 Å². The first-order chi connectivity index (χ1) is 19.4. The van der Waals surface area contributed by atoms with Crippen LogP contribution in [0.2, 0.25) is 0 Å². The fourth-order valence-electron chi connectivity index (χ4n) is 4.65. The molecule has 8 nitrogen and oxygen atoms in total. The van der Waals surface area contributed by atoms with Gasteiger partial charge in [-0.25, -0.2) is 0 Å². The average molecular weight is 828 g/mol. The van der Waals surface area contributed by atoms with Crippen molar-refractivity contribution < 1.29 is 21.1 Å². The number of hydrogen-bond acceptors (Lipinski definition) is 4. The van der Waals surface area contributed by atoms with Crippen LogP contribution in [0.1, 0.15) is 79.1 Å². The van der Waals surface area contributed by atoms with Gasteiger partial charge in [-0.2, -0.15) is 0 Å². The van der Waals surface area contributed by atoms with E-state index in [1.54, 1.807) is 0 Å². The largest absolute Gasteiger partial charge is 0.362 e. The van der Waals surface area contributed by atoms with Crippen LogP contribution in [0.3, 0.4) is 0 Å². The van der Waals surface area contributed by atoms with Crippen LogP contribution in [0.5, 0.6) is 0 Å². The number of nitrogens with zero attached hydrogens (tertiary/aromatic N) is 4. The number of rotatable bonds is 8. The van der Waals surface area contributed by atoms with Crippen molar-refractivity contribution in [2.45, 2.75) is 79.1 Å². The van der Waals surface area contributed by atoms with Crippen molar-refractivity contribution in [2.24, 2.45) is 0 Å². The molecule has 0 unspecified atom stereocenters. The molecule has 0 bridgehead atoms. The zero-order valence-corrected chi connectivity index (χ0v) is 31.4. The third kappa shape index (κ3) is 18.0. The second-order valence-electron chi connectivity index (χ2n) is 10.3. The molecule has 0 atom stereocenters. The van der Waals surface area contributed by atoms with Gasteiger partial charge in [0.1, 0.15) is 0 Å². The molecule has 4 rings (SSSR count). The minimum atomic E-state index is 0. The Hall–Kier alpha value is -0.552. The Balaban J connectivity index is 0.000000516. The summed E-state index contributed by atoms with van der Waals surface area (Å²) >= 11 is 20.4. The Morgan fingerprint density at radius 3 is 0.780 bits per heavy atom. The third-order valence-electron chi connectivity index (χ3n) is 6.65. The minimum absolute atomic E-state index is 0. The summed E-state index contributed by atoms with van der Waals surface area (Å²) in [5, 5.41) is 16.4. The molecule has 41 heavy (non-hydrogen) atoms. The summed E-state index contributed by atoms with van der Waals surface area (Å²) < 4.78 is 0. The summed E-state index contributed by atoms with van der Waals surface area (Å²) in [5.41, 5.74) is 0. The maximum atomic E-state index is 5.11. The Bertz CT molecular complexity index is 618. The van der Waals surface area contributed by atoms with Gasteiger partial charge in [0.05, 0.1) is 0 Å². The molecule has 0 radical (unpaired) electrons. The predicted octanol–water partition coefficient (Wildman–Crippen LogP) is 3.90. The molecule has 0 aliphatic carbocycles. The molecule has 0 aromatic heterocycles. The summed E-state index contributed by atoms with van der Waals surface area (Å²) in [6, 6.07) is 0. The van der Waals surface area contributed by atoms with Crippen molar-refractivity contribution in [2.75, 3.05) is 78.5 Å². The van der Waals surface area contributed by atoms with Crippen molar-refractivity contribution in [1.29, 1.82) is 0 Å². The van der Waals surface area contributed by atoms with E-state index in [4.69, 9.17) is 48.9 Å². The van der Waals surface area contributed by atoms with E-state index < -0.39 is 0 Å². The molecule has 242 valence electrons. The fourth-order valence-corrected chi connectivity index (χ4v) is 5.79. The maximum absolute atomic E-state index is 5.11. The predicted molar refractivity (Wildman–Crippen MR) is 188 cm³/mol. The Morgan fingerprint density at radius 1 is 0.439 bits per heavy atom. The molecule has 4 aliphatic rings. The van der Waals surface area contributed by atoms with Gasteiger partial charge in [-0.05, 0) is 100 Å². The zero-order valence-electron chi connectivity index (χ0n) is 25.9. The second kappa shape index (κ2) is 25.9. The fraction of sp³-hybridized carbons (Fsp3) is 0.857. The zero-order chi connectivity index (χ0) is 29.6. The van der Waals surface area contributed by atoms with Crippen LogP contribution < -0.4 is 21.3 Å². The maximum Gasteiger partial charge on any atom is 0.168 e. The topological polar surface area (TPSA) is 61.1 Å². The van der Waals surface area contributed by atoms with E-state index in [0.29, 0.717) is 0 Å². The first-order valence-electron chi connectivity index (χ1n) is 15.5. The molecule has 0 aromatic carbocycles. The van der Waals surface area contributed by atoms with Crippen LogP contribution in [0.25, 0.3) is 0 Å². The van der Waals surface area contributed by atoms with Crippen molar-refractivity contribution in [3.63, 3.8) is 0 Å². The molecule has 0 amide bonds. The van der Waals surface area contributed by atoms with Gasteiger partial charge >= 0.3 is 0 Å². The van der Waals surface area contributed by atoms with Gasteiger partial charge in [0.2, 0.25) is 0 Å². The molecule has 0 aromatic rings. The first-order valence-corrected chi connectivity index (χ1v) is 17.1. The molecule has 4 N–H and O–H groups in total. The van der Waals surface area contributed by atoms with Gasteiger partial charge in [-0.3, -0.25) is 0 Å². The van der Waals surface area contributed by atoms with Gasteiger partial charge in [0.15, 0.2) is 20.4 Å². The van der Waals surface area contributed by atoms with Crippen LogP contribution in [0.4, 0.5) is 0 Å². The standard InChI is InChI=1S/4C7H14N2S.Pt/c4*1-2-5-9-6-3-4-8-7(9)10;/h4*2-6H2,1H3,(H,8,10);. The van der Waals surface area contributed by atoms with Crippen LogP contribution in [-0.2, 0) is 21.1 Å². The van der Waals surface area contributed by atoms with Gasteiger partial charge in [0, 0.05) is 99.6 Å². The quantitative estimate of drug-likeness (QED) is 0.269. The van der Waals surface area contributed by atoms with Crippen molar-refractivity contribution >= 4 is 69.3 Å². The molecular formula is C28H56N8PtS4. The molecule has 4 fully saturated rings. The first kappa shape index (κ1) is 40.4. The summed E-state index contributed by atoms with van der Waals surface area (Å²) in [7, 11) is 0. The normalized spacial score (nSPS) is 18.4. The van der Waals surface area contributed by atoms with E-state index in [1.807, 2.05) is 0 Å². The SMILES string of the molecule is CCCN1CCCNC1=S.CCCN1CCCNC1=S.CCCN1CCCNC1=S.CCCN1CCCNC1=S.[Pt]. The average Bonchev–Trinajstić information content (AvgIpc) is 2.96. The molecule has 4 saturated heterocycles. The van der Waals surface area contributed by atoms with Crippen molar-refractivity contribution in [3.8, 4) is 0 Å². The Morgan fingerprint density at radius 2 is 0.634 bits per heavy atom. The number of thiocarbonyl (C=S) groups is 4. The van der Waals surface area contributed by atoms with Crippen molar-refractivity contribution in [3.05, 3.63) is 0 Å². The molecule has 4 heterocycles. The van der Waals surface area contributed by atoms with E-state index in [-0.39, 0.29) is 21.1 Å². The second-order valence-corrected chi connectivity index (χ2v) is 11.8. The molecule has 4 aliphatic heterocycles. The van der Waals surface area contributed by atoms with Gasteiger partial charge in [0.25, 0.3) is 0 Å². The molecule has 0 saturated carbocycles. The monoisotopic (exact) mass is 827 g/mol. The van der Waals surface area contributed by atoms with E-state index >= 15 is 0 Å². The van der Waals surface area contributed by atoms with Crippen LogP contribution in [0.15, 0.2) is 0 Å². The summed E-state index contributed by atoms with van der Waals surface area (Å²) in [4.78, 5) is 8.94. The number of hydrogen-bond donors (Lipinski definition) is 4. The van der Waals surface area contributed by atoms with Crippen LogP contribution >= 0.6 is 48.9 Å². The van der Waals surface area contributed by atoms with E-state index in [9.17, 15) is 0 Å². The minimum Gasteiger partial charge on any atom is -0.362 e. The molecule has 0 spiro atoms. The van der Waals surface area contributed by atoms with Gasteiger partial charge < -0.3 is 40.9 Å². The van der Waals surface area contributed by atoms with E-state index in [0.717, 1.165) is 99.0 Å². The van der Waals surface area contributed by atoms with Crippen molar-refractivity contribution in [1.82, 2.24) is 40.9 Å². The Kier molecular flexibility index (Phi) is 25.6. The summed E-state index contributed by atoms with van der Waals surface area (Å²) in [6.45, 7) is 21.9. The van der Waals surface area contributed by atoms with Crippen LogP contribution in [-0.4, -0.2) is 119 Å². The molecular weight excluding hydrogens is 772 g/mol. The van der Waals surface area contributed by atoms with Gasteiger partial charge in [-0.1, -0.05) is 27.7 Å². The smallest absolute Gasteiger partial charge is 0.168 e. The summed E-state index contributed by atoms with van der Waals surface area (Å²) in [6.07, 6.45) is 9.62. The summed E-state index contributed by atoms with van der Waals surface area (Å²) in [5.74, 6) is 0. The third-order valence-corrected chi connectivity index (χ3v) is 8.26.